The van der Waals surface area contributed by atoms with E-state index in [0.717, 1.165) is 19.2 Å². The van der Waals surface area contributed by atoms with Crippen molar-refractivity contribution in [2.75, 3.05) is 18.5 Å². The Balaban J connectivity index is 1.88. The monoisotopic (exact) mass is 435 g/mol. The van der Waals surface area contributed by atoms with Crippen LogP contribution in [0.1, 0.15) is 31.3 Å². The van der Waals surface area contributed by atoms with E-state index >= 15 is 0 Å². The molecule has 31 heavy (non-hydrogen) atoms. The van der Waals surface area contributed by atoms with Crippen molar-refractivity contribution in [2.45, 2.75) is 25.3 Å². The molecule has 0 saturated carbocycles. The summed E-state index contributed by atoms with van der Waals surface area (Å²) in [7, 11) is 0. The largest absolute Gasteiger partial charge is 0.463 e. The van der Waals surface area contributed by atoms with Crippen molar-refractivity contribution in [3.05, 3.63) is 47.6 Å². The fourth-order valence-electron chi connectivity index (χ4n) is 2.69. The van der Waals surface area contributed by atoms with Crippen LogP contribution in [0.25, 0.3) is 0 Å². The van der Waals surface area contributed by atoms with E-state index in [9.17, 15) is 18.0 Å². The normalized spacial score (nSPS) is 19.8. The molecule has 1 aliphatic heterocycles. The Bertz CT molecular complexity index is 1130. The Morgan fingerprint density at radius 2 is 2.23 bits per heavy atom. The molecular formula is C20H18F3N5O3. The van der Waals surface area contributed by atoms with E-state index in [1.807, 2.05) is 0 Å². The van der Waals surface area contributed by atoms with Gasteiger partial charge < -0.3 is 20.5 Å². The van der Waals surface area contributed by atoms with Crippen LogP contribution in [0.3, 0.4) is 0 Å². The molecule has 162 valence electrons. The molecule has 3 N–H and O–H groups in total. The van der Waals surface area contributed by atoms with Crippen molar-refractivity contribution in [1.82, 2.24) is 9.97 Å². The second kappa shape index (κ2) is 8.51. The van der Waals surface area contributed by atoms with Gasteiger partial charge in [-0.25, -0.2) is 19.4 Å². The molecular weight excluding hydrogens is 415 g/mol. The molecule has 1 aromatic heterocycles. The van der Waals surface area contributed by atoms with E-state index in [1.54, 1.807) is 6.92 Å². The summed E-state index contributed by atoms with van der Waals surface area (Å²) >= 11 is 0. The van der Waals surface area contributed by atoms with Gasteiger partial charge >= 0.3 is 5.92 Å². The molecule has 1 amide bonds. The predicted molar refractivity (Wildman–Crippen MR) is 105 cm³/mol. The standard InChI is InChI=1S/C20H18F3N5O3/c1-3-4-7-30-16-10-25-15(9-26-16)17(29)27-12-5-6-14(21)13(8-12)19(2)20(22,23)11-31-18(24)28-19/h5-6,8-10H,7,11H2,1-2H3,(H2,24,28)(H,27,29)/t19-/m1/s1/i5T. The van der Waals surface area contributed by atoms with Crippen LogP contribution in [0, 0.1) is 17.7 Å². The Morgan fingerprint density at radius 3 is 2.90 bits per heavy atom. The Kier molecular flexibility index (Phi) is 5.62. The Labute approximate surface area is 177 Å². The molecule has 1 aromatic carbocycles. The van der Waals surface area contributed by atoms with Gasteiger partial charge in [-0.05, 0) is 32.0 Å². The van der Waals surface area contributed by atoms with Gasteiger partial charge in [-0.3, -0.25) is 4.79 Å². The highest BCUT2D eigenvalue weighted by Crippen LogP contribution is 2.44. The molecule has 1 atom stereocenters. The lowest BCUT2D eigenvalue weighted by Gasteiger charge is -2.37. The lowest BCUT2D eigenvalue weighted by molar-refractivity contribution is -0.117. The quantitative estimate of drug-likeness (QED) is 0.698. The fraction of sp³-hybridized carbons (Fsp3) is 0.300. The topological polar surface area (TPSA) is 112 Å². The SMILES string of the molecule is [3H]c1cc(F)c([C@@]2(C)N=C(N)OCC2(F)F)cc1NC(=O)c1cnc(OCC#CC)cn1. The number of nitrogens with two attached hydrogens (primary N) is 1. The number of benzene rings is 1. The van der Waals surface area contributed by atoms with Crippen LogP contribution in [0.2, 0.25) is 0 Å². The van der Waals surface area contributed by atoms with Crippen molar-refractivity contribution in [1.29, 1.82) is 0 Å². The highest BCUT2D eigenvalue weighted by molar-refractivity contribution is 6.02. The minimum absolute atomic E-state index is 0.0960. The maximum Gasteiger partial charge on any atom is 0.310 e. The molecule has 0 bridgehead atoms. The van der Waals surface area contributed by atoms with E-state index in [4.69, 9.17) is 11.8 Å². The Hall–Kier alpha value is -3.81. The summed E-state index contributed by atoms with van der Waals surface area (Å²) in [6.07, 6.45) is 2.32. The van der Waals surface area contributed by atoms with Gasteiger partial charge in [-0.1, -0.05) is 5.92 Å². The first-order chi connectivity index (χ1) is 15.1. The van der Waals surface area contributed by atoms with Crippen molar-refractivity contribution >= 4 is 17.6 Å². The second-order valence-corrected chi connectivity index (χ2v) is 6.53. The third kappa shape index (κ3) is 4.53. The maximum absolute atomic E-state index is 14.6. The summed E-state index contributed by atoms with van der Waals surface area (Å²) < 4.78 is 61.4. The molecule has 0 radical (unpaired) electrons. The number of amidine groups is 1. The first kappa shape index (κ1) is 20.5. The van der Waals surface area contributed by atoms with Crippen molar-refractivity contribution < 1.29 is 28.8 Å². The number of anilines is 1. The summed E-state index contributed by atoms with van der Waals surface area (Å²) in [5.74, 6) is -0.0558. The highest BCUT2D eigenvalue weighted by Gasteiger charge is 2.56. The third-order valence-corrected chi connectivity index (χ3v) is 4.45. The van der Waals surface area contributed by atoms with Crippen LogP contribution >= 0.6 is 0 Å². The van der Waals surface area contributed by atoms with Crippen LogP contribution in [0.4, 0.5) is 18.9 Å². The van der Waals surface area contributed by atoms with Crippen LogP contribution < -0.4 is 15.8 Å². The number of nitrogens with one attached hydrogen (secondary N) is 1. The molecule has 11 heteroatoms. The van der Waals surface area contributed by atoms with Gasteiger partial charge in [0.25, 0.3) is 11.9 Å². The minimum Gasteiger partial charge on any atom is -0.463 e. The van der Waals surface area contributed by atoms with Crippen molar-refractivity contribution in [2.24, 2.45) is 10.7 Å². The maximum atomic E-state index is 14.6. The molecule has 2 aromatic rings. The zero-order valence-corrected chi connectivity index (χ0v) is 16.5. The number of carbonyl (C=O) groups is 1. The number of alkyl halides is 2. The Morgan fingerprint density at radius 1 is 1.45 bits per heavy atom. The summed E-state index contributed by atoms with van der Waals surface area (Å²) in [6.45, 7) is 1.63. The number of aliphatic imine (C=N–C) groups is 1. The zero-order valence-electron chi connectivity index (χ0n) is 17.5. The molecule has 2 heterocycles. The first-order valence-electron chi connectivity index (χ1n) is 9.40. The molecule has 0 spiro atoms. The summed E-state index contributed by atoms with van der Waals surface area (Å²) in [6, 6.07) is 0.646. The molecule has 0 fully saturated rings. The minimum atomic E-state index is -3.61. The van der Waals surface area contributed by atoms with Gasteiger partial charge in [0.2, 0.25) is 5.88 Å². The zero-order chi connectivity index (χ0) is 23.5. The number of amides is 1. The summed E-state index contributed by atoms with van der Waals surface area (Å²) in [5.41, 5.74) is 2.08. The van der Waals surface area contributed by atoms with Crippen molar-refractivity contribution in [3.63, 3.8) is 0 Å². The predicted octanol–water partition coefficient (Wildman–Crippen LogP) is 2.47. The third-order valence-electron chi connectivity index (χ3n) is 4.45. The molecule has 3 rings (SSSR count). The molecule has 0 saturated heterocycles. The van der Waals surface area contributed by atoms with E-state index < -0.39 is 47.4 Å². The highest BCUT2D eigenvalue weighted by atomic mass is 19.3. The summed E-state index contributed by atoms with van der Waals surface area (Å²) in [5, 5.41) is 2.35. The van der Waals surface area contributed by atoms with Crippen LogP contribution in [-0.2, 0) is 10.3 Å². The number of rotatable bonds is 5. The average molecular weight is 435 g/mol. The van der Waals surface area contributed by atoms with Gasteiger partial charge in [0, 0.05) is 11.3 Å². The van der Waals surface area contributed by atoms with Gasteiger partial charge in [-0.15, -0.1) is 5.92 Å². The lowest BCUT2D eigenvalue weighted by Crippen LogP contribution is -2.51. The second-order valence-electron chi connectivity index (χ2n) is 6.53. The van der Waals surface area contributed by atoms with Gasteiger partial charge in [0.15, 0.2) is 18.8 Å². The van der Waals surface area contributed by atoms with Crippen LogP contribution in [-0.4, -0.2) is 41.0 Å². The molecule has 1 aliphatic rings. The number of carbonyl (C=O) groups excluding carboxylic acids is 1. The number of aromatic nitrogens is 2. The van der Waals surface area contributed by atoms with Gasteiger partial charge in [-0.2, -0.15) is 8.78 Å². The number of ether oxygens (including phenoxy) is 2. The molecule has 8 nitrogen and oxygen atoms in total. The smallest absolute Gasteiger partial charge is 0.310 e. The van der Waals surface area contributed by atoms with Crippen LogP contribution in [0.5, 0.6) is 5.88 Å². The van der Waals surface area contributed by atoms with Gasteiger partial charge in [0.05, 0.1) is 13.8 Å². The average Bonchev–Trinajstić information content (AvgIpc) is 2.73. The number of halogens is 3. The lowest BCUT2D eigenvalue weighted by atomic mass is 9.85. The fourth-order valence-corrected chi connectivity index (χ4v) is 2.69. The number of hydrogen-bond donors (Lipinski definition) is 2. The first-order valence-corrected chi connectivity index (χ1v) is 8.90. The molecule has 0 unspecified atom stereocenters. The number of nitrogens with zero attached hydrogens (tertiary/aromatic N) is 3. The summed E-state index contributed by atoms with van der Waals surface area (Å²) in [4.78, 5) is 23.9. The van der Waals surface area contributed by atoms with E-state index in [-0.39, 0.29) is 23.9 Å². The van der Waals surface area contributed by atoms with E-state index in [1.165, 1.54) is 6.20 Å². The van der Waals surface area contributed by atoms with Crippen LogP contribution in [0.15, 0.2) is 35.6 Å². The van der Waals surface area contributed by atoms with Crippen molar-refractivity contribution in [3.8, 4) is 17.7 Å². The number of hydrogen-bond acceptors (Lipinski definition) is 7. The molecule has 0 aliphatic carbocycles. The van der Waals surface area contributed by atoms with E-state index in [2.05, 4.69) is 36.9 Å². The van der Waals surface area contributed by atoms with Gasteiger partial charge in [0.1, 0.15) is 11.5 Å². The van der Waals surface area contributed by atoms with E-state index in [0.29, 0.717) is 6.07 Å².